The second-order valence-corrected chi connectivity index (χ2v) is 9.67. The fourth-order valence-corrected chi connectivity index (χ4v) is 5.18. The molecule has 2 atom stereocenters. The summed E-state index contributed by atoms with van der Waals surface area (Å²) in [5.74, 6) is -0.226. The maximum Gasteiger partial charge on any atom is 0.242 e. The van der Waals surface area contributed by atoms with Gasteiger partial charge in [0.25, 0.3) is 0 Å². The molecule has 1 aromatic carbocycles. The molecule has 2 fully saturated rings. The predicted octanol–water partition coefficient (Wildman–Crippen LogP) is 3.22. The molecule has 1 saturated heterocycles. The van der Waals surface area contributed by atoms with Crippen molar-refractivity contribution in [3.8, 4) is 0 Å². The second kappa shape index (κ2) is 11.3. The van der Waals surface area contributed by atoms with E-state index < -0.39 is 6.04 Å². The lowest BCUT2D eigenvalue weighted by molar-refractivity contribution is -0.128. The van der Waals surface area contributed by atoms with Gasteiger partial charge in [-0.15, -0.1) is 0 Å². The van der Waals surface area contributed by atoms with E-state index in [1.807, 2.05) is 48.5 Å². The highest BCUT2D eigenvalue weighted by atomic mass is 16.2. The fourth-order valence-electron chi connectivity index (χ4n) is 5.18. The molecule has 180 valence electrons. The molecule has 0 bridgehead atoms. The highest BCUT2D eigenvalue weighted by Gasteiger charge is 2.36. The van der Waals surface area contributed by atoms with Gasteiger partial charge in [-0.3, -0.25) is 19.4 Å². The van der Waals surface area contributed by atoms with E-state index in [1.54, 1.807) is 6.20 Å². The molecule has 7 nitrogen and oxygen atoms in total. The van der Waals surface area contributed by atoms with Gasteiger partial charge in [0.2, 0.25) is 17.7 Å². The Labute approximate surface area is 201 Å². The van der Waals surface area contributed by atoms with Gasteiger partial charge in [-0.05, 0) is 42.4 Å². The van der Waals surface area contributed by atoms with E-state index in [-0.39, 0.29) is 29.2 Å². The zero-order valence-corrected chi connectivity index (χ0v) is 19.6. The molecule has 1 aliphatic carbocycles. The van der Waals surface area contributed by atoms with Crippen LogP contribution in [0.15, 0.2) is 54.7 Å². The third kappa shape index (κ3) is 6.43. The van der Waals surface area contributed by atoms with E-state index in [9.17, 15) is 14.4 Å². The molecule has 34 heavy (non-hydrogen) atoms. The molecule has 1 saturated carbocycles. The first-order chi connectivity index (χ1) is 16.5. The van der Waals surface area contributed by atoms with Crippen LogP contribution < -0.4 is 16.0 Å². The van der Waals surface area contributed by atoms with Gasteiger partial charge in [-0.1, -0.05) is 55.7 Å². The molecule has 2 aliphatic rings. The van der Waals surface area contributed by atoms with Crippen LogP contribution in [0.3, 0.4) is 0 Å². The number of hydrogen-bond donors (Lipinski definition) is 3. The quantitative estimate of drug-likeness (QED) is 0.533. The summed E-state index contributed by atoms with van der Waals surface area (Å²) >= 11 is 0. The van der Waals surface area contributed by atoms with Crippen molar-refractivity contribution in [1.29, 1.82) is 0 Å². The second-order valence-electron chi connectivity index (χ2n) is 9.67. The lowest BCUT2D eigenvalue weighted by Gasteiger charge is -2.37. The topological polar surface area (TPSA) is 100 Å². The van der Waals surface area contributed by atoms with Gasteiger partial charge >= 0.3 is 0 Å². The molecule has 3 amide bonds. The molecular formula is C27H34N4O3. The minimum atomic E-state index is -0.456. The van der Waals surface area contributed by atoms with Gasteiger partial charge in [0, 0.05) is 37.7 Å². The molecule has 7 heteroatoms. The van der Waals surface area contributed by atoms with Crippen LogP contribution in [-0.4, -0.2) is 35.3 Å². The predicted molar refractivity (Wildman–Crippen MR) is 130 cm³/mol. The van der Waals surface area contributed by atoms with Gasteiger partial charge in [0.1, 0.15) is 6.04 Å². The number of nitrogens with one attached hydrogen (secondary N) is 3. The summed E-state index contributed by atoms with van der Waals surface area (Å²) in [4.78, 5) is 41.8. The summed E-state index contributed by atoms with van der Waals surface area (Å²) in [5.41, 5.74) is 1.71. The normalized spacial score (nSPS) is 20.2. The zero-order chi connectivity index (χ0) is 23.8. The monoisotopic (exact) mass is 462 g/mol. The summed E-state index contributed by atoms with van der Waals surface area (Å²) in [5, 5.41) is 9.02. The molecule has 2 aromatic rings. The first kappa shape index (κ1) is 23.9. The Morgan fingerprint density at radius 3 is 2.50 bits per heavy atom. The first-order valence-electron chi connectivity index (χ1n) is 12.3. The van der Waals surface area contributed by atoms with Crippen molar-refractivity contribution in [2.45, 2.75) is 69.9 Å². The number of pyridine rings is 1. The zero-order valence-electron chi connectivity index (χ0n) is 19.6. The van der Waals surface area contributed by atoms with Crippen molar-refractivity contribution in [2.24, 2.45) is 5.41 Å². The lowest BCUT2D eigenvalue weighted by Crippen LogP contribution is -2.48. The third-order valence-corrected chi connectivity index (χ3v) is 7.08. The Balaban J connectivity index is 1.42. The van der Waals surface area contributed by atoms with E-state index in [1.165, 1.54) is 0 Å². The lowest BCUT2D eigenvalue weighted by atomic mass is 9.71. The average Bonchev–Trinajstić information content (AvgIpc) is 3.30. The molecule has 2 heterocycles. The minimum Gasteiger partial charge on any atom is -0.354 e. The molecule has 0 radical (unpaired) electrons. The van der Waals surface area contributed by atoms with Crippen LogP contribution >= 0.6 is 0 Å². The van der Waals surface area contributed by atoms with Gasteiger partial charge in [0.05, 0.1) is 6.04 Å². The van der Waals surface area contributed by atoms with Crippen LogP contribution in [0.1, 0.15) is 68.7 Å². The molecule has 0 spiro atoms. The molecule has 3 N–H and O–H groups in total. The third-order valence-electron chi connectivity index (χ3n) is 7.08. The maximum atomic E-state index is 13.3. The summed E-state index contributed by atoms with van der Waals surface area (Å²) < 4.78 is 0. The van der Waals surface area contributed by atoms with Crippen LogP contribution in [0, 0.1) is 5.41 Å². The van der Waals surface area contributed by atoms with Crippen molar-refractivity contribution < 1.29 is 14.4 Å². The van der Waals surface area contributed by atoms with E-state index in [0.717, 1.165) is 43.4 Å². The van der Waals surface area contributed by atoms with Crippen LogP contribution in [0.5, 0.6) is 0 Å². The molecular weight excluding hydrogens is 428 g/mol. The van der Waals surface area contributed by atoms with Crippen LogP contribution in [0.4, 0.5) is 0 Å². The number of rotatable bonds is 9. The van der Waals surface area contributed by atoms with Crippen molar-refractivity contribution in [3.63, 3.8) is 0 Å². The van der Waals surface area contributed by atoms with Crippen LogP contribution in [-0.2, 0) is 20.8 Å². The summed E-state index contributed by atoms with van der Waals surface area (Å²) in [6.45, 7) is 0.460. The number of carbonyl (C=O) groups is 3. The molecule has 4 rings (SSSR count). The van der Waals surface area contributed by atoms with Gasteiger partial charge in [0.15, 0.2) is 0 Å². The molecule has 1 aromatic heterocycles. The molecule has 1 aliphatic heterocycles. The Morgan fingerprint density at radius 1 is 1.06 bits per heavy atom. The Hall–Kier alpha value is -3.22. The maximum absolute atomic E-state index is 13.3. The van der Waals surface area contributed by atoms with Crippen molar-refractivity contribution in [1.82, 2.24) is 20.9 Å². The van der Waals surface area contributed by atoms with E-state index >= 15 is 0 Å². The Morgan fingerprint density at radius 2 is 1.82 bits per heavy atom. The molecule has 2 unspecified atom stereocenters. The van der Waals surface area contributed by atoms with E-state index in [4.69, 9.17) is 0 Å². The Kier molecular flexibility index (Phi) is 7.93. The summed E-state index contributed by atoms with van der Waals surface area (Å²) in [6.07, 6.45) is 8.76. The SMILES string of the molecule is O=C1CCC(C(=O)NCC2(CC(=O)NC(Cc3ccccn3)c3ccccc3)CCCCC2)N1. The van der Waals surface area contributed by atoms with Crippen molar-refractivity contribution in [3.05, 3.63) is 66.0 Å². The van der Waals surface area contributed by atoms with Crippen molar-refractivity contribution in [2.75, 3.05) is 6.54 Å². The number of amides is 3. The number of carbonyl (C=O) groups excluding carboxylic acids is 3. The smallest absolute Gasteiger partial charge is 0.242 e. The van der Waals surface area contributed by atoms with Crippen molar-refractivity contribution >= 4 is 17.7 Å². The van der Waals surface area contributed by atoms with Crippen LogP contribution in [0.25, 0.3) is 0 Å². The van der Waals surface area contributed by atoms with Gasteiger partial charge in [-0.2, -0.15) is 0 Å². The van der Waals surface area contributed by atoms with Gasteiger partial charge < -0.3 is 16.0 Å². The van der Waals surface area contributed by atoms with E-state index in [2.05, 4.69) is 20.9 Å². The number of hydrogen-bond acceptors (Lipinski definition) is 4. The number of nitrogens with zero attached hydrogens (tertiary/aromatic N) is 1. The highest BCUT2D eigenvalue weighted by Crippen LogP contribution is 2.39. The standard InChI is InChI=1S/C27H34N4O3/c32-24-13-12-22(30-24)26(34)29-19-27(14-6-2-7-15-27)18-25(33)31-23(20-9-3-1-4-10-20)17-21-11-5-8-16-28-21/h1,3-5,8-11,16,22-23H,2,6-7,12-15,17-19H2,(H,29,34)(H,30,32)(H,31,33). The number of benzene rings is 1. The Bertz CT molecular complexity index is 974. The highest BCUT2D eigenvalue weighted by molar-refractivity contribution is 5.90. The number of aromatic nitrogens is 1. The first-order valence-corrected chi connectivity index (χ1v) is 12.3. The van der Waals surface area contributed by atoms with Gasteiger partial charge in [-0.25, -0.2) is 0 Å². The largest absolute Gasteiger partial charge is 0.354 e. The summed E-state index contributed by atoms with van der Waals surface area (Å²) in [6, 6.07) is 15.2. The summed E-state index contributed by atoms with van der Waals surface area (Å²) in [7, 11) is 0. The average molecular weight is 463 g/mol. The fraction of sp³-hybridized carbons (Fsp3) is 0.481. The minimum absolute atomic E-state index is 0.00453. The van der Waals surface area contributed by atoms with E-state index in [0.29, 0.717) is 32.2 Å². The van der Waals surface area contributed by atoms with Crippen LogP contribution in [0.2, 0.25) is 0 Å².